The van der Waals surface area contributed by atoms with Crippen molar-refractivity contribution in [3.8, 4) is 5.75 Å². The third kappa shape index (κ3) is 3.53. The molecule has 0 fully saturated rings. The molecule has 0 atom stereocenters. The topological polar surface area (TPSA) is 79.1 Å². The van der Waals surface area contributed by atoms with Gasteiger partial charge in [-0.25, -0.2) is 9.48 Å². The molecule has 0 aliphatic heterocycles. The minimum atomic E-state index is -0.534. The first-order valence-electron chi connectivity index (χ1n) is 6.33. The van der Waals surface area contributed by atoms with Gasteiger partial charge in [-0.15, -0.1) is 5.10 Å². The van der Waals surface area contributed by atoms with Crippen LogP contribution in [0.1, 0.15) is 23.1 Å². The van der Waals surface area contributed by atoms with Crippen LogP contribution >= 0.6 is 0 Å². The highest BCUT2D eigenvalue weighted by Crippen LogP contribution is 2.12. The van der Waals surface area contributed by atoms with E-state index in [0.717, 1.165) is 11.3 Å². The highest BCUT2D eigenvalue weighted by atomic mass is 16.5. The lowest BCUT2D eigenvalue weighted by Gasteiger charge is -2.07. The Labute approximate surface area is 116 Å². The van der Waals surface area contributed by atoms with Crippen molar-refractivity contribution in [1.29, 1.82) is 0 Å². The van der Waals surface area contributed by atoms with Crippen molar-refractivity contribution in [3.05, 3.63) is 35.7 Å². The Hall–Kier alpha value is -2.44. The van der Waals surface area contributed by atoms with Crippen molar-refractivity contribution in [1.82, 2.24) is 20.2 Å². The molecule has 0 aliphatic rings. The minimum absolute atomic E-state index is 0.0830. The number of rotatable bonds is 6. The third-order valence-electron chi connectivity index (χ3n) is 2.55. The Morgan fingerprint density at radius 2 is 2.25 bits per heavy atom. The Morgan fingerprint density at radius 3 is 3.00 bits per heavy atom. The quantitative estimate of drug-likeness (QED) is 0.738. The predicted molar refractivity (Wildman–Crippen MR) is 70.4 cm³/mol. The van der Waals surface area contributed by atoms with Gasteiger partial charge in [0.2, 0.25) is 0 Å². The highest BCUT2D eigenvalue weighted by Gasteiger charge is 2.16. The molecule has 0 saturated heterocycles. The van der Waals surface area contributed by atoms with Crippen LogP contribution in [0.25, 0.3) is 0 Å². The second-order valence-corrected chi connectivity index (χ2v) is 4.11. The number of esters is 1. The van der Waals surface area contributed by atoms with Crippen molar-refractivity contribution >= 4 is 5.97 Å². The second kappa shape index (κ2) is 6.65. The molecule has 1 aromatic heterocycles. The summed E-state index contributed by atoms with van der Waals surface area (Å²) in [6.07, 6.45) is 0. The lowest BCUT2D eigenvalue weighted by molar-refractivity contribution is 0.0503. The van der Waals surface area contributed by atoms with E-state index in [1.165, 1.54) is 4.68 Å². The van der Waals surface area contributed by atoms with Crippen LogP contribution < -0.4 is 4.74 Å². The minimum Gasteiger partial charge on any atom is -0.492 e. The molecular formula is C13H16N4O3. The molecule has 2 aromatic rings. The molecular weight excluding hydrogens is 260 g/mol. The van der Waals surface area contributed by atoms with E-state index in [2.05, 4.69) is 15.5 Å². The fourth-order valence-corrected chi connectivity index (χ4v) is 1.65. The SMILES string of the molecule is CCOC(=O)c1nnnn1CCOc1cccc(C)c1. The number of carbonyl (C=O) groups excluding carboxylic acids is 1. The fraction of sp³-hybridized carbons (Fsp3) is 0.385. The van der Waals surface area contributed by atoms with Crippen LogP contribution in [0.5, 0.6) is 5.75 Å². The van der Waals surface area contributed by atoms with E-state index in [4.69, 9.17) is 9.47 Å². The number of tetrazole rings is 1. The summed E-state index contributed by atoms with van der Waals surface area (Å²) in [6, 6.07) is 7.73. The fourth-order valence-electron chi connectivity index (χ4n) is 1.65. The number of carbonyl (C=O) groups is 1. The molecule has 0 aliphatic carbocycles. The summed E-state index contributed by atoms with van der Waals surface area (Å²) in [6.45, 7) is 4.74. The van der Waals surface area contributed by atoms with Crippen molar-refractivity contribution in [3.63, 3.8) is 0 Å². The van der Waals surface area contributed by atoms with E-state index in [-0.39, 0.29) is 12.4 Å². The molecule has 7 nitrogen and oxygen atoms in total. The molecule has 0 N–H and O–H groups in total. The molecule has 106 valence electrons. The molecule has 20 heavy (non-hydrogen) atoms. The molecule has 0 amide bonds. The Balaban J connectivity index is 1.91. The van der Waals surface area contributed by atoms with E-state index in [1.807, 2.05) is 31.2 Å². The summed E-state index contributed by atoms with van der Waals surface area (Å²) in [4.78, 5) is 11.6. The number of benzene rings is 1. The maximum absolute atomic E-state index is 11.6. The summed E-state index contributed by atoms with van der Waals surface area (Å²) < 4.78 is 11.8. The van der Waals surface area contributed by atoms with Gasteiger partial charge in [-0.05, 0) is 42.0 Å². The number of aromatic nitrogens is 4. The van der Waals surface area contributed by atoms with Crippen molar-refractivity contribution < 1.29 is 14.3 Å². The smallest absolute Gasteiger partial charge is 0.378 e. The first kappa shape index (κ1) is 14.0. The molecule has 0 saturated carbocycles. The lowest BCUT2D eigenvalue weighted by Crippen LogP contribution is -2.17. The molecule has 2 rings (SSSR count). The van der Waals surface area contributed by atoms with Crippen molar-refractivity contribution in [2.24, 2.45) is 0 Å². The van der Waals surface area contributed by atoms with Gasteiger partial charge in [0.25, 0.3) is 5.82 Å². The second-order valence-electron chi connectivity index (χ2n) is 4.11. The predicted octanol–water partition coefficient (Wildman–Crippen LogP) is 1.24. The van der Waals surface area contributed by atoms with Gasteiger partial charge in [-0.2, -0.15) is 0 Å². The summed E-state index contributed by atoms with van der Waals surface area (Å²) in [5.41, 5.74) is 1.12. The van der Waals surface area contributed by atoms with Crippen LogP contribution in [0.2, 0.25) is 0 Å². The standard InChI is InChI=1S/C13H16N4O3/c1-3-19-13(18)12-14-15-16-17(12)7-8-20-11-6-4-5-10(2)9-11/h4-6,9H,3,7-8H2,1-2H3. The summed E-state index contributed by atoms with van der Waals surface area (Å²) in [5, 5.41) is 10.9. The van der Waals surface area contributed by atoms with Gasteiger partial charge in [-0.3, -0.25) is 0 Å². The molecule has 1 heterocycles. The largest absolute Gasteiger partial charge is 0.492 e. The van der Waals surface area contributed by atoms with Gasteiger partial charge in [0, 0.05) is 0 Å². The Morgan fingerprint density at radius 1 is 1.40 bits per heavy atom. The maximum Gasteiger partial charge on any atom is 0.378 e. The van der Waals surface area contributed by atoms with Gasteiger partial charge in [0.15, 0.2) is 0 Å². The molecule has 0 bridgehead atoms. The number of ether oxygens (including phenoxy) is 2. The Kier molecular flexibility index (Phi) is 4.65. The van der Waals surface area contributed by atoms with E-state index in [1.54, 1.807) is 6.92 Å². The van der Waals surface area contributed by atoms with Gasteiger partial charge in [0.05, 0.1) is 13.2 Å². The number of aryl methyl sites for hydroxylation is 1. The molecule has 0 spiro atoms. The first-order chi connectivity index (χ1) is 9.70. The van der Waals surface area contributed by atoms with Crippen LogP contribution in [0.3, 0.4) is 0 Å². The van der Waals surface area contributed by atoms with E-state index >= 15 is 0 Å². The number of hydrogen-bond donors (Lipinski definition) is 0. The molecule has 7 heteroatoms. The van der Waals surface area contributed by atoms with Crippen LogP contribution in [-0.4, -0.2) is 39.4 Å². The van der Waals surface area contributed by atoms with Crippen molar-refractivity contribution in [2.45, 2.75) is 20.4 Å². The van der Waals surface area contributed by atoms with Crippen molar-refractivity contribution in [2.75, 3.05) is 13.2 Å². The first-order valence-corrected chi connectivity index (χ1v) is 6.33. The molecule has 1 aromatic carbocycles. The Bertz CT molecular complexity index is 583. The molecule has 0 unspecified atom stereocenters. The zero-order valence-corrected chi connectivity index (χ0v) is 11.4. The van der Waals surface area contributed by atoms with Crippen LogP contribution in [0.15, 0.2) is 24.3 Å². The van der Waals surface area contributed by atoms with Gasteiger partial charge in [-0.1, -0.05) is 12.1 Å². The third-order valence-corrected chi connectivity index (χ3v) is 2.55. The van der Waals surface area contributed by atoms with E-state index in [0.29, 0.717) is 13.2 Å². The van der Waals surface area contributed by atoms with E-state index in [9.17, 15) is 4.79 Å². The number of nitrogens with zero attached hydrogens (tertiary/aromatic N) is 4. The van der Waals surface area contributed by atoms with Gasteiger partial charge < -0.3 is 9.47 Å². The van der Waals surface area contributed by atoms with E-state index < -0.39 is 5.97 Å². The normalized spacial score (nSPS) is 10.3. The highest BCUT2D eigenvalue weighted by molar-refractivity contribution is 5.85. The zero-order chi connectivity index (χ0) is 14.4. The maximum atomic E-state index is 11.6. The summed E-state index contributed by atoms with van der Waals surface area (Å²) in [5.74, 6) is 0.323. The average molecular weight is 276 g/mol. The summed E-state index contributed by atoms with van der Waals surface area (Å²) >= 11 is 0. The van der Waals surface area contributed by atoms with Crippen LogP contribution in [0.4, 0.5) is 0 Å². The van der Waals surface area contributed by atoms with Gasteiger partial charge >= 0.3 is 5.97 Å². The lowest BCUT2D eigenvalue weighted by atomic mass is 10.2. The van der Waals surface area contributed by atoms with Crippen LogP contribution in [0, 0.1) is 6.92 Å². The monoisotopic (exact) mass is 276 g/mol. The zero-order valence-electron chi connectivity index (χ0n) is 11.4. The molecule has 0 radical (unpaired) electrons. The van der Waals surface area contributed by atoms with Gasteiger partial charge in [0.1, 0.15) is 12.4 Å². The summed E-state index contributed by atoms with van der Waals surface area (Å²) in [7, 11) is 0. The van der Waals surface area contributed by atoms with Crippen LogP contribution in [-0.2, 0) is 11.3 Å². The number of hydrogen-bond acceptors (Lipinski definition) is 6. The average Bonchev–Trinajstić information content (AvgIpc) is 2.87.